The first-order valence-corrected chi connectivity index (χ1v) is 7.08. The Balaban J connectivity index is 2.11. The Morgan fingerprint density at radius 2 is 1.22 bits per heavy atom. The lowest BCUT2D eigenvalue weighted by Crippen LogP contribution is -2.64. The molecule has 11 heteroatoms. The van der Waals surface area contributed by atoms with E-state index in [4.69, 9.17) is 24.4 Å². The molecule has 2 fully saturated rings. The molecule has 0 saturated carbocycles. The highest BCUT2D eigenvalue weighted by atomic mass is 16.7. The molecule has 0 radical (unpaired) electrons. The predicted molar refractivity (Wildman–Crippen MR) is 68.6 cm³/mol. The Hall–Kier alpha value is -0.440. The third-order valence-electron chi connectivity index (χ3n) is 3.98. The molecule has 2 rings (SSSR count). The Labute approximate surface area is 130 Å². The van der Waals surface area contributed by atoms with Crippen LogP contribution in [-0.2, 0) is 14.2 Å². The van der Waals surface area contributed by atoms with Crippen molar-refractivity contribution in [2.24, 2.45) is 0 Å². The number of hydrogen-bond donors (Lipinski definition) is 8. The first-order valence-electron chi connectivity index (χ1n) is 7.08. The van der Waals surface area contributed by atoms with Gasteiger partial charge in [-0.1, -0.05) is 0 Å². The Kier molecular flexibility index (Phi) is 6.27. The molecule has 0 aromatic carbocycles. The molecule has 2 saturated heterocycles. The van der Waals surface area contributed by atoms with Crippen LogP contribution in [0.3, 0.4) is 0 Å². The summed E-state index contributed by atoms with van der Waals surface area (Å²) in [5.74, 6) is 0. The fourth-order valence-corrected chi connectivity index (χ4v) is 2.56. The van der Waals surface area contributed by atoms with Gasteiger partial charge in [0.25, 0.3) is 0 Å². The van der Waals surface area contributed by atoms with Gasteiger partial charge in [0.2, 0.25) is 0 Å². The number of ether oxygens (including phenoxy) is 3. The molecule has 0 aliphatic carbocycles. The van der Waals surface area contributed by atoms with Crippen LogP contribution >= 0.6 is 0 Å². The summed E-state index contributed by atoms with van der Waals surface area (Å²) in [6.07, 6.45) is -15.7. The second kappa shape index (κ2) is 7.63. The van der Waals surface area contributed by atoms with Crippen LogP contribution in [0.25, 0.3) is 0 Å². The minimum absolute atomic E-state index is 0.667. The monoisotopic (exact) mass is 342 g/mol. The van der Waals surface area contributed by atoms with Crippen molar-refractivity contribution in [3.8, 4) is 0 Å². The fraction of sp³-hybridized carbons (Fsp3) is 1.00. The van der Waals surface area contributed by atoms with Gasteiger partial charge in [-0.3, -0.25) is 0 Å². The summed E-state index contributed by atoms with van der Waals surface area (Å²) in [6, 6.07) is 0. The van der Waals surface area contributed by atoms with E-state index in [2.05, 4.69) is 0 Å². The van der Waals surface area contributed by atoms with Gasteiger partial charge in [-0.15, -0.1) is 0 Å². The summed E-state index contributed by atoms with van der Waals surface area (Å²) in [6.45, 7) is -1.34. The second-order valence-corrected chi connectivity index (χ2v) is 5.53. The standard InChI is InChI=1S/C12H22O11/c13-1-3-5(15)7(17)8(18)12(22-3)23-10-6(16)4(2-14)21-11(20)9(10)19/h3-20H,1-2H2/t3?,4?,5-,6-,7?,8?,9?,10?,11+,12-/m0/s1. The third-order valence-corrected chi connectivity index (χ3v) is 3.98. The smallest absolute Gasteiger partial charge is 0.187 e. The quantitative estimate of drug-likeness (QED) is 0.243. The van der Waals surface area contributed by atoms with Crippen LogP contribution in [0.2, 0.25) is 0 Å². The highest BCUT2D eigenvalue weighted by Crippen LogP contribution is 2.28. The predicted octanol–water partition coefficient (Wildman–Crippen LogP) is -5.40. The number of aliphatic hydroxyl groups excluding tert-OH is 8. The van der Waals surface area contributed by atoms with Crippen molar-refractivity contribution in [1.29, 1.82) is 0 Å². The first kappa shape index (κ1) is 18.9. The van der Waals surface area contributed by atoms with Crippen molar-refractivity contribution in [2.45, 2.75) is 61.4 Å². The van der Waals surface area contributed by atoms with E-state index in [1.165, 1.54) is 0 Å². The molecular formula is C12H22O11. The van der Waals surface area contributed by atoms with Gasteiger partial charge in [-0.25, -0.2) is 0 Å². The average Bonchev–Trinajstić information content (AvgIpc) is 2.54. The third kappa shape index (κ3) is 3.65. The van der Waals surface area contributed by atoms with E-state index in [9.17, 15) is 30.6 Å². The van der Waals surface area contributed by atoms with Crippen molar-refractivity contribution >= 4 is 0 Å². The van der Waals surface area contributed by atoms with Crippen molar-refractivity contribution < 1.29 is 55.1 Å². The van der Waals surface area contributed by atoms with E-state index in [-0.39, 0.29) is 0 Å². The molecule has 6 unspecified atom stereocenters. The van der Waals surface area contributed by atoms with Crippen LogP contribution in [0.5, 0.6) is 0 Å². The molecule has 0 aromatic heterocycles. The Bertz CT molecular complexity index is 380. The Morgan fingerprint density at radius 3 is 1.78 bits per heavy atom. The molecule has 0 bridgehead atoms. The molecule has 8 N–H and O–H groups in total. The molecule has 11 nitrogen and oxygen atoms in total. The summed E-state index contributed by atoms with van der Waals surface area (Å²) in [7, 11) is 0. The van der Waals surface area contributed by atoms with E-state index in [1.807, 2.05) is 0 Å². The van der Waals surface area contributed by atoms with Gasteiger partial charge in [0.15, 0.2) is 12.6 Å². The molecule has 0 spiro atoms. The number of aliphatic hydroxyl groups is 8. The number of hydrogen-bond acceptors (Lipinski definition) is 11. The lowest BCUT2D eigenvalue weighted by atomic mass is 9.97. The largest absolute Gasteiger partial charge is 0.394 e. The van der Waals surface area contributed by atoms with Crippen LogP contribution in [0.1, 0.15) is 0 Å². The molecule has 2 heterocycles. The maximum Gasteiger partial charge on any atom is 0.187 e. The van der Waals surface area contributed by atoms with E-state index < -0.39 is 74.6 Å². The maximum absolute atomic E-state index is 10.00. The lowest BCUT2D eigenvalue weighted by molar-refractivity contribution is -0.355. The zero-order valence-electron chi connectivity index (χ0n) is 12.0. The van der Waals surface area contributed by atoms with Gasteiger partial charge in [-0.05, 0) is 0 Å². The maximum atomic E-state index is 10.00. The van der Waals surface area contributed by atoms with Gasteiger partial charge < -0.3 is 55.1 Å². The summed E-state index contributed by atoms with van der Waals surface area (Å²) in [5.41, 5.74) is 0. The van der Waals surface area contributed by atoms with Gasteiger partial charge in [0.05, 0.1) is 13.2 Å². The van der Waals surface area contributed by atoms with Crippen LogP contribution < -0.4 is 0 Å². The topological polar surface area (TPSA) is 190 Å². The van der Waals surface area contributed by atoms with Crippen LogP contribution in [0, 0.1) is 0 Å². The summed E-state index contributed by atoms with van der Waals surface area (Å²) in [4.78, 5) is 0. The molecule has 2 aliphatic rings. The summed E-state index contributed by atoms with van der Waals surface area (Å²) < 4.78 is 15.1. The highest BCUT2D eigenvalue weighted by Gasteiger charge is 2.50. The van der Waals surface area contributed by atoms with Gasteiger partial charge >= 0.3 is 0 Å². The minimum atomic E-state index is -1.76. The van der Waals surface area contributed by atoms with Crippen molar-refractivity contribution in [3.05, 3.63) is 0 Å². The minimum Gasteiger partial charge on any atom is -0.394 e. The van der Waals surface area contributed by atoms with E-state index >= 15 is 0 Å². The van der Waals surface area contributed by atoms with Gasteiger partial charge in [0, 0.05) is 0 Å². The number of rotatable bonds is 4. The van der Waals surface area contributed by atoms with E-state index in [0.29, 0.717) is 0 Å². The van der Waals surface area contributed by atoms with Crippen molar-refractivity contribution in [3.63, 3.8) is 0 Å². The van der Waals surface area contributed by atoms with Gasteiger partial charge in [0.1, 0.15) is 48.8 Å². The zero-order chi connectivity index (χ0) is 17.3. The normalized spacial score (nSPS) is 51.7. The van der Waals surface area contributed by atoms with Gasteiger partial charge in [-0.2, -0.15) is 0 Å². The molecule has 23 heavy (non-hydrogen) atoms. The van der Waals surface area contributed by atoms with Crippen molar-refractivity contribution in [1.82, 2.24) is 0 Å². The highest BCUT2D eigenvalue weighted by molar-refractivity contribution is 4.93. The molecule has 136 valence electrons. The van der Waals surface area contributed by atoms with E-state index in [0.717, 1.165) is 0 Å². The molecular weight excluding hydrogens is 320 g/mol. The zero-order valence-corrected chi connectivity index (χ0v) is 12.0. The lowest BCUT2D eigenvalue weighted by Gasteiger charge is -2.45. The van der Waals surface area contributed by atoms with E-state index in [1.54, 1.807) is 0 Å². The molecule has 10 atom stereocenters. The first-order chi connectivity index (χ1) is 10.8. The Morgan fingerprint density at radius 1 is 0.652 bits per heavy atom. The molecule has 0 amide bonds. The van der Waals surface area contributed by atoms with Crippen LogP contribution in [-0.4, -0.2) is 115 Å². The molecule has 0 aromatic rings. The summed E-state index contributed by atoms with van der Waals surface area (Å²) >= 11 is 0. The van der Waals surface area contributed by atoms with Crippen molar-refractivity contribution in [2.75, 3.05) is 13.2 Å². The van der Waals surface area contributed by atoms with Crippen LogP contribution in [0.4, 0.5) is 0 Å². The average molecular weight is 342 g/mol. The van der Waals surface area contributed by atoms with Crippen LogP contribution in [0.15, 0.2) is 0 Å². The SMILES string of the molecule is OCC1O[C@@H](OC2C(O)[C@H](O)OC(CO)[C@@H]2O)C(O)C(O)[C@H]1O. The molecule has 2 aliphatic heterocycles. The summed E-state index contributed by atoms with van der Waals surface area (Å²) in [5, 5.41) is 76.8. The fourth-order valence-electron chi connectivity index (χ4n) is 2.56. The second-order valence-electron chi connectivity index (χ2n) is 5.53.